The summed E-state index contributed by atoms with van der Waals surface area (Å²) in [5, 5.41) is 6.21. The Balaban J connectivity index is 0.00000300. The molecule has 2 radical (unpaired) electrons. The normalized spacial score (nSPS) is 10.6. The van der Waals surface area contributed by atoms with Crippen LogP contribution in [0.25, 0.3) is 0 Å². The monoisotopic (exact) mass is 627 g/mol. The number of hydrogen-bond acceptors (Lipinski definition) is 0. The molecule has 3 aromatic carbocycles. The summed E-state index contributed by atoms with van der Waals surface area (Å²) < 4.78 is 0. The summed E-state index contributed by atoms with van der Waals surface area (Å²) in [7, 11) is -1.66. The summed E-state index contributed by atoms with van der Waals surface area (Å²) in [6.45, 7) is 14.0. The average molecular weight is 627 g/mol. The molecule has 0 fully saturated rings. The Kier molecular flexibility index (Phi) is 13.0. The van der Waals surface area contributed by atoms with Crippen LogP contribution in [0.1, 0.15) is 38.8 Å². The molecule has 3 aromatic rings. The number of benzene rings is 3. The Morgan fingerprint density at radius 2 is 1.00 bits per heavy atom. The van der Waals surface area contributed by atoms with E-state index in [2.05, 4.69) is 114 Å². The maximum atomic E-state index is 2.43. The molecule has 0 N–H and O–H groups in total. The van der Waals surface area contributed by atoms with Gasteiger partial charge in [0.2, 0.25) is 0 Å². The van der Waals surface area contributed by atoms with Crippen molar-refractivity contribution in [3.8, 4) is 0 Å². The molecular weight excluding hydrogens is 588 g/mol. The molecule has 0 aliphatic rings. The Morgan fingerprint density at radius 1 is 0.613 bits per heavy atom. The molecule has 31 heavy (non-hydrogen) atoms. The van der Waals surface area contributed by atoms with Gasteiger partial charge < -0.3 is 14.9 Å². The molecular formula is C28H39IrPSi-. The Labute approximate surface area is 208 Å². The van der Waals surface area contributed by atoms with Gasteiger partial charge in [-0.15, -0.1) is 0 Å². The molecule has 3 heteroatoms. The molecule has 0 nitrogen and oxygen atoms in total. The summed E-state index contributed by atoms with van der Waals surface area (Å²) in [6.07, 6.45) is 0. The van der Waals surface area contributed by atoms with E-state index in [-0.39, 0.29) is 35.0 Å². The van der Waals surface area contributed by atoms with Gasteiger partial charge in [0.25, 0.3) is 0 Å². The number of aryl methyl sites for hydroxylation is 2. The van der Waals surface area contributed by atoms with Gasteiger partial charge in [0.1, 0.15) is 15.9 Å². The second kappa shape index (κ2) is 13.5. The van der Waals surface area contributed by atoms with E-state index in [1.807, 2.05) is 0 Å². The quantitative estimate of drug-likeness (QED) is 0.173. The standard InChI is InChI=1S/C26H32PSi.2CH3.Ir/c1-19(2)28(20(3)4)26-10-8-7-9-25(26)27(23-15-11-21(5)12-16-23)24-17-13-22(6)14-18-24;;;/h7-20H,1-6H3;2*1H3;/q;2*-1;/p+1. The summed E-state index contributed by atoms with van der Waals surface area (Å²) >= 11 is 0. The van der Waals surface area contributed by atoms with Gasteiger partial charge in [-0.1, -0.05) is 81.3 Å². The fraction of sp³-hybridized carbons (Fsp3) is 0.286. The van der Waals surface area contributed by atoms with E-state index in [0.717, 1.165) is 11.1 Å². The second-order valence-corrected chi connectivity index (χ2v) is 14.6. The van der Waals surface area contributed by atoms with Crippen molar-refractivity contribution in [1.29, 1.82) is 0 Å². The van der Waals surface area contributed by atoms with Gasteiger partial charge in [-0.2, -0.15) is 0 Å². The molecule has 0 spiro atoms. The predicted molar refractivity (Wildman–Crippen MR) is 144 cm³/mol. The first-order chi connectivity index (χ1) is 13.4. The summed E-state index contributed by atoms with van der Waals surface area (Å²) in [5.41, 5.74) is 4.11. The van der Waals surface area contributed by atoms with Crippen LogP contribution in [0.15, 0.2) is 72.8 Å². The van der Waals surface area contributed by atoms with Gasteiger partial charge >= 0.3 is 0 Å². The van der Waals surface area contributed by atoms with E-state index < -0.39 is 16.7 Å². The van der Waals surface area contributed by atoms with Crippen LogP contribution in [-0.4, -0.2) is 8.80 Å². The van der Waals surface area contributed by atoms with Crippen molar-refractivity contribution in [3.63, 3.8) is 0 Å². The Hall–Kier alpha value is -1.04. The first kappa shape index (κ1) is 30.0. The second-order valence-electron chi connectivity index (χ2n) is 8.42. The van der Waals surface area contributed by atoms with Crippen molar-refractivity contribution in [2.75, 3.05) is 0 Å². The van der Waals surface area contributed by atoms with E-state index in [1.54, 1.807) is 10.5 Å². The first-order valence-electron chi connectivity index (χ1n) is 10.4. The van der Waals surface area contributed by atoms with Gasteiger partial charge in [-0.25, -0.2) is 0 Å². The minimum Gasteiger partial charge on any atom is -0.358 e. The molecule has 0 heterocycles. The summed E-state index contributed by atoms with van der Waals surface area (Å²) in [4.78, 5) is 0. The molecule has 0 aliphatic carbocycles. The zero-order chi connectivity index (χ0) is 20.3. The van der Waals surface area contributed by atoms with Crippen molar-refractivity contribution in [3.05, 3.63) is 98.8 Å². The fourth-order valence-corrected chi connectivity index (χ4v) is 10.8. The molecule has 0 bridgehead atoms. The molecule has 0 aromatic heterocycles. The zero-order valence-corrected chi connectivity index (χ0v) is 24.8. The molecule has 3 rings (SSSR count). The third kappa shape index (κ3) is 7.23. The summed E-state index contributed by atoms with van der Waals surface area (Å²) in [6, 6.07) is 27.9. The maximum Gasteiger partial charge on any atom is 0.102 e. The molecule has 0 amide bonds. The Bertz CT molecular complexity index is 848. The van der Waals surface area contributed by atoms with Gasteiger partial charge in [-0.05, 0) is 60.4 Å². The van der Waals surface area contributed by atoms with Crippen LogP contribution in [0.2, 0.25) is 11.1 Å². The SMILES string of the molecule is Cc1ccc([PH+](c2ccc(C)cc2)c2ccccc2[Si](C(C)C)C(C)C)cc1.[CH3-].[CH3-].[Ir]. The number of rotatable bonds is 6. The summed E-state index contributed by atoms with van der Waals surface area (Å²) in [5.74, 6) is 0. The predicted octanol–water partition coefficient (Wildman–Crippen LogP) is 6.21. The van der Waals surface area contributed by atoms with Crippen LogP contribution in [-0.2, 0) is 20.1 Å². The third-order valence-electron chi connectivity index (χ3n) is 5.43. The van der Waals surface area contributed by atoms with E-state index in [4.69, 9.17) is 0 Å². The minimum absolute atomic E-state index is 0. The molecule has 0 aliphatic heterocycles. The van der Waals surface area contributed by atoms with E-state index in [1.165, 1.54) is 21.7 Å². The van der Waals surface area contributed by atoms with Gasteiger partial charge in [0.05, 0.1) is 16.7 Å². The van der Waals surface area contributed by atoms with E-state index in [0.29, 0.717) is 0 Å². The van der Waals surface area contributed by atoms with Crippen LogP contribution in [0.3, 0.4) is 0 Å². The van der Waals surface area contributed by atoms with Crippen LogP contribution in [0.4, 0.5) is 0 Å². The fourth-order valence-electron chi connectivity index (χ4n) is 4.16. The maximum absolute atomic E-state index is 2.43. The minimum atomic E-state index is -1.03. The van der Waals surface area contributed by atoms with E-state index in [9.17, 15) is 0 Å². The van der Waals surface area contributed by atoms with Crippen molar-refractivity contribution in [2.45, 2.75) is 52.6 Å². The first-order valence-corrected chi connectivity index (χ1v) is 13.5. The number of hydrogen-bond donors (Lipinski definition) is 0. The van der Waals surface area contributed by atoms with E-state index >= 15 is 0 Å². The largest absolute Gasteiger partial charge is 0.358 e. The van der Waals surface area contributed by atoms with Gasteiger partial charge in [-0.3, -0.25) is 0 Å². The van der Waals surface area contributed by atoms with Crippen LogP contribution in [0, 0.1) is 28.7 Å². The average Bonchev–Trinajstić information content (AvgIpc) is 2.66. The molecule has 0 saturated carbocycles. The Morgan fingerprint density at radius 3 is 1.39 bits per heavy atom. The molecule has 0 saturated heterocycles. The zero-order valence-electron chi connectivity index (χ0n) is 20.4. The van der Waals surface area contributed by atoms with Crippen LogP contribution in [0.5, 0.6) is 0 Å². The van der Waals surface area contributed by atoms with Gasteiger partial charge in [0, 0.05) is 20.1 Å². The molecule has 0 atom stereocenters. The van der Waals surface area contributed by atoms with Crippen molar-refractivity contribution >= 4 is 37.8 Å². The molecule has 170 valence electrons. The van der Waals surface area contributed by atoms with Crippen molar-refractivity contribution in [2.24, 2.45) is 0 Å². The van der Waals surface area contributed by atoms with Crippen LogP contribution >= 0.6 is 7.92 Å². The molecule has 0 unspecified atom stereocenters. The third-order valence-corrected chi connectivity index (χ3v) is 12.0. The topological polar surface area (TPSA) is 0 Å². The van der Waals surface area contributed by atoms with Crippen LogP contribution < -0.4 is 21.1 Å². The smallest absolute Gasteiger partial charge is 0.102 e. The van der Waals surface area contributed by atoms with Crippen molar-refractivity contribution in [1.82, 2.24) is 0 Å². The van der Waals surface area contributed by atoms with Crippen molar-refractivity contribution < 1.29 is 20.1 Å². The van der Waals surface area contributed by atoms with Gasteiger partial charge in [0.15, 0.2) is 0 Å².